The summed E-state index contributed by atoms with van der Waals surface area (Å²) in [6, 6.07) is 15.7. The fraction of sp³-hybridized carbons (Fsp3) is 0.125. The quantitative estimate of drug-likeness (QED) is 0.922. The molecule has 2 rings (SSSR count). The predicted molar refractivity (Wildman–Crippen MR) is 73.0 cm³/mol. The molecule has 0 spiro atoms. The summed E-state index contributed by atoms with van der Waals surface area (Å²) in [7, 11) is 0. The zero-order valence-electron chi connectivity index (χ0n) is 10.9. The predicted octanol–water partition coefficient (Wildman–Crippen LogP) is 3.28. The van der Waals surface area contributed by atoms with Gasteiger partial charge in [-0.3, -0.25) is 0 Å². The maximum absolute atomic E-state index is 9.74. The molecule has 0 aromatic heterocycles. The highest BCUT2D eigenvalue weighted by Crippen LogP contribution is 2.32. The fourth-order valence-corrected chi connectivity index (χ4v) is 1.80. The van der Waals surface area contributed by atoms with Crippen LogP contribution in [-0.4, -0.2) is 5.11 Å². The van der Waals surface area contributed by atoms with Gasteiger partial charge in [-0.15, -0.1) is 0 Å². The molecule has 98 valence electrons. The van der Waals surface area contributed by atoms with E-state index in [-0.39, 0.29) is 0 Å². The Hall–Kier alpha value is -2.82. The number of aliphatic hydroxyl groups is 1. The van der Waals surface area contributed by atoms with Gasteiger partial charge in [-0.2, -0.15) is 10.5 Å². The van der Waals surface area contributed by atoms with E-state index in [9.17, 15) is 5.11 Å². The Morgan fingerprint density at radius 2 is 1.80 bits per heavy atom. The van der Waals surface area contributed by atoms with Gasteiger partial charge in [0.25, 0.3) is 0 Å². The molecule has 0 aliphatic carbocycles. The van der Waals surface area contributed by atoms with Crippen molar-refractivity contribution in [2.45, 2.75) is 13.0 Å². The third kappa shape index (κ3) is 2.77. The van der Waals surface area contributed by atoms with Crippen LogP contribution in [0.15, 0.2) is 42.5 Å². The number of rotatable bonds is 3. The van der Waals surface area contributed by atoms with Crippen LogP contribution in [0.5, 0.6) is 11.5 Å². The molecule has 4 nitrogen and oxygen atoms in total. The monoisotopic (exact) mass is 264 g/mol. The minimum Gasteiger partial charge on any atom is -0.456 e. The number of aliphatic hydroxyl groups excluding tert-OH is 1. The molecule has 0 fully saturated rings. The Bertz CT molecular complexity index is 709. The summed E-state index contributed by atoms with van der Waals surface area (Å²) in [6.07, 6.45) is -0.730. The summed E-state index contributed by atoms with van der Waals surface area (Å²) < 4.78 is 5.70. The molecule has 0 heterocycles. The second-order valence-corrected chi connectivity index (χ2v) is 4.25. The standard InChI is InChI=1S/C16H12N2O2/c1-11(19)14-7-6-12(9-17)8-16(14)20-15-5-3-2-4-13(15)10-18/h2-8,11,19H,1H3/t11-/m1/s1. The van der Waals surface area contributed by atoms with Gasteiger partial charge in [-0.1, -0.05) is 18.2 Å². The van der Waals surface area contributed by atoms with E-state index >= 15 is 0 Å². The SMILES string of the molecule is C[C@@H](O)c1ccc(C#N)cc1Oc1ccccc1C#N. The van der Waals surface area contributed by atoms with Crippen LogP contribution in [0.25, 0.3) is 0 Å². The summed E-state index contributed by atoms with van der Waals surface area (Å²) in [5.41, 5.74) is 1.39. The first-order valence-electron chi connectivity index (χ1n) is 6.05. The van der Waals surface area contributed by atoms with E-state index in [1.165, 1.54) is 0 Å². The topological polar surface area (TPSA) is 77.0 Å². The van der Waals surface area contributed by atoms with Gasteiger partial charge in [0.2, 0.25) is 0 Å². The minimum atomic E-state index is -0.730. The molecule has 1 N–H and O–H groups in total. The van der Waals surface area contributed by atoms with Gasteiger partial charge in [0.15, 0.2) is 0 Å². The van der Waals surface area contributed by atoms with Crippen molar-refractivity contribution in [3.63, 3.8) is 0 Å². The van der Waals surface area contributed by atoms with E-state index in [1.54, 1.807) is 49.4 Å². The van der Waals surface area contributed by atoms with Gasteiger partial charge in [0.1, 0.15) is 17.6 Å². The molecule has 0 radical (unpaired) electrons. The van der Waals surface area contributed by atoms with Crippen LogP contribution in [0.2, 0.25) is 0 Å². The first-order valence-corrected chi connectivity index (χ1v) is 6.05. The maximum atomic E-state index is 9.74. The molecular weight excluding hydrogens is 252 g/mol. The molecule has 2 aromatic carbocycles. The van der Waals surface area contributed by atoms with Crippen LogP contribution in [0, 0.1) is 22.7 Å². The summed E-state index contributed by atoms with van der Waals surface area (Å²) in [4.78, 5) is 0. The van der Waals surface area contributed by atoms with Crippen molar-refractivity contribution in [3.05, 3.63) is 59.2 Å². The van der Waals surface area contributed by atoms with E-state index in [0.29, 0.717) is 28.2 Å². The van der Waals surface area contributed by atoms with Crippen LogP contribution >= 0.6 is 0 Å². The first kappa shape index (κ1) is 13.6. The summed E-state index contributed by atoms with van der Waals surface area (Å²) in [6.45, 7) is 1.62. The van der Waals surface area contributed by atoms with Gasteiger partial charge >= 0.3 is 0 Å². The average Bonchev–Trinajstić information content (AvgIpc) is 2.47. The molecule has 20 heavy (non-hydrogen) atoms. The number of benzene rings is 2. The van der Waals surface area contributed by atoms with E-state index < -0.39 is 6.10 Å². The van der Waals surface area contributed by atoms with Gasteiger partial charge in [-0.25, -0.2) is 0 Å². The van der Waals surface area contributed by atoms with E-state index in [4.69, 9.17) is 15.3 Å². The molecule has 0 amide bonds. The van der Waals surface area contributed by atoms with Crippen molar-refractivity contribution in [2.24, 2.45) is 0 Å². The fourth-order valence-electron chi connectivity index (χ4n) is 1.80. The number of nitrogens with zero attached hydrogens (tertiary/aromatic N) is 2. The van der Waals surface area contributed by atoms with Gasteiger partial charge in [0, 0.05) is 5.56 Å². The number of nitriles is 2. The largest absolute Gasteiger partial charge is 0.456 e. The molecule has 0 saturated heterocycles. The minimum absolute atomic E-state index is 0.377. The summed E-state index contributed by atoms with van der Waals surface area (Å²) in [5.74, 6) is 0.772. The van der Waals surface area contributed by atoms with Crippen molar-refractivity contribution in [1.29, 1.82) is 10.5 Å². The first-order chi connectivity index (χ1) is 9.65. The highest BCUT2D eigenvalue weighted by molar-refractivity contribution is 5.49. The van der Waals surface area contributed by atoms with Gasteiger partial charge in [-0.05, 0) is 31.2 Å². The number of hydrogen-bond donors (Lipinski definition) is 1. The van der Waals surface area contributed by atoms with Gasteiger partial charge in [0.05, 0.1) is 23.3 Å². The summed E-state index contributed by atoms with van der Waals surface area (Å²) in [5, 5.41) is 27.7. The van der Waals surface area contributed by atoms with Crippen LogP contribution in [-0.2, 0) is 0 Å². The maximum Gasteiger partial charge on any atom is 0.145 e. The van der Waals surface area contributed by atoms with Gasteiger partial charge < -0.3 is 9.84 Å². The summed E-state index contributed by atoms with van der Waals surface area (Å²) >= 11 is 0. The Balaban J connectivity index is 2.47. The number of ether oxygens (including phenoxy) is 1. The molecule has 0 unspecified atom stereocenters. The lowest BCUT2D eigenvalue weighted by molar-refractivity contribution is 0.195. The van der Waals surface area contributed by atoms with Crippen LogP contribution < -0.4 is 4.74 Å². The Morgan fingerprint density at radius 1 is 1.05 bits per heavy atom. The van der Waals surface area contributed by atoms with Crippen molar-refractivity contribution in [2.75, 3.05) is 0 Å². The van der Waals surface area contributed by atoms with Crippen molar-refractivity contribution < 1.29 is 9.84 Å². The zero-order valence-corrected chi connectivity index (χ0v) is 10.9. The van der Waals surface area contributed by atoms with Crippen LogP contribution in [0.1, 0.15) is 29.7 Å². The molecule has 2 aromatic rings. The zero-order chi connectivity index (χ0) is 14.5. The van der Waals surface area contributed by atoms with E-state index in [2.05, 4.69) is 0 Å². The molecule has 0 bridgehead atoms. The average molecular weight is 264 g/mol. The normalized spacial score (nSPS) is 11.2. The Kier molecular flexibility index (Phi) is 4.00. The van der Waals surface area contributed by atoms with E-state index in [1.807, 2.05) is 12.1 Å². The molecule has 0 saturated carbocycles. The molecular formula is C16H12N2O2. The number of para-hydroxylation sites is 1. The third-order valence-corrected chi connectivity index (χ3v) is 2.82. The highest BCUT2D eigenvalue weighted by Gasteiger charge is 2.12. The van der Waals surface area contributed by atoms with Crippen LogP contribution in [0.3, 0.4) is 0 Å². The molecule has 0 aliphatic heterocycles. The second kappa shape index (κ2) is 5.88. The van der Waals surface area contributed by atoms with Crippen molar-refractivity contribution >= 4 is 0 Å². The third-order valence-electron chi connectivity index (χ3n) is 2.82. The molecule has 4 heteroatoms. The highest BCUT2D eigenvalue weighted by atomic mass is 16.5. The molecule has 1 atom stereocenters. The molecule has 0 aliphatic rings. The number of hydrogen-bond acceptors (Lipinski definition) is 4. The second-order valence-electron chi connectivity index (χ2n) is 4.25. The lowest BCUT2D eigenvalue weighted by Crippen LogP contribution is -1.98. The lowest BCUT2D eigenvalue weighted by Gasteiger charge is -2.14. The van der Waals surface area contributed by atoms with E-state index in [0.717, 1.165) is 0 Å². The Morgan fingerprint density at radius 3 is 2.45 bits per heavy atom. The smallest absolute Gasteiger partial charge is 0.145 e. The van der Waals surface area contributed by atoms with Crippen molar-refractivity contribution in [1.82, 2.24) is 0 Å². The lowest BCUT2D eigenvalue weighted by atomic mass is 10.1. The Labute approximate surface area is 117 Å². The van der Waals surface area contributed by atoms with Crippen molar-refractivity contribution in [3.8, 4) is 23.6 Å². The van der Waals surface area contributed by atoms with Crippen LogP contribution in [0.4, 0.5) is 0 Å².